The standard InChI is InChI=1S/C14H15NO7/c1-22-14(21)9-4-2-3-8(7-9)12(18)15-10(13(19)20)5-6-11(16)17/h2-4,7,10H,5-6H2,1H3,(H,15,18)(H,16,17)(H,19,20)/t10-/m1/s1. The Hall–Kier alpha value is -2.90. The van der Waals surface area contributed by atoms with Crippen molar-refractivity contribution in [2.45, 2.75) is 18.9 Å². The number of aliphatic carboxylic acids is 2. The molecule has 22 heavy (non-hydrogen) atoms. The summed E-state index contributed by atoms with van der Waals surface area (Å²) in [7, 11) is 1.20. The van der Waals surface area contributed by atoms with Gasteiger partial charge < -0.3 is 20.3 Å². The zero-order valence-electron chi connectivity index (χ0n) is 11.7. The van der Waals surface area contributed by atoms with Crippen LogP contribution in [0.15, 0.2) is 24.3 Å². The number of carboxylic acids is 2. The normalized spacial score (nSPS) is 11.3. The Labute approximate surface area is 125 Å². The van der Waals surface area contributed by atoms with E-state index in [4.69, 9.17) is 10.2 Å². The minimum Gasteiger partial charge on any atom is -0.481 e. The number of ether oxygens (including phenoxy) is 1. The highest BCUT2D eigenvalue weighted by molar-refractivity contribution is 5.99. The number of methoxy groups -OCH3 is 1. The molecule has 1 aromatic carbocycles. The maximum Gasteiger partial charge on any atom is 0.337 e. The molecule has 8 heteroatoms. The highest BCUT2D eigenvalue weighted by Gasteiger charge is 2.22. The summed E-state index contributed by atoms with van der Waals surface area (Å²) in [6, 6.07) is 4.23. The van der Waals surface area contributed by atoms with Crippen molar-refractivity contribution < 1.29 is 34.1 Å². The van der Waals surface area contributed by atoms with Crippen molar-refractivity contribution in [3.63, 3.8) is 0 Å². The van der Waals surface area contributed by atoms with Gasteiger partial charge in [0.1, 0.15) is 6.04 Å². The number of hydrogen-bond donors (Lipinski definition) is 3. The predicted molar refractivity (Wildman–Crippen MR) is 73.5 cm³/mol. The monoisotopic (exact) mass is 309 g/mol. The second-order valence-corrected chi connectivity index (χ2v) is 4.37. The largest absolute Gasteiger partial charge is 0.481 e. The van der Waals surface area contributed by atoms with E-state index in [-0.39, 0.29) is 24.0 Å². The first-order valence-electron chi connectivity index (χ1n) is 6.29. The number of carbonyl (C=O) groups excluding carboxylic acids is 2. The van der Waals surface area contributed by atoms with Gasteiger partial charge in [0.05, 0.1) is 12.7 Å². The SMILES string of the molecule is COC(=O)c1cccc(C(=O)N[C@H](CCC(=O)O)C(=O)O)c1. The van der Waals surface area contributed by atoms with Gasteiger partial charge in [-0.15, -0.1) is 0 Å². The molecule has 0 aliphatic carbocycles. The summed E-state index contributed by atoms with van der Waals surface area (Å²) in [5.41, 5.74) is 0.219. The van der Waals surface area contributed by atoms with Crippen molar-refractivity contribution in [3.05, 3.63) is 35.4 Å². The van der Waals surface area contributed by atoms with Gasteiger partial charge in [0.25, 0.3) is 5.91 Å². The third-order valence-electron chi connectivity index (χ3n) is 2.80. The molecule has 3 N–H and O–H groups in total. The predicted octanol–water partition coefficient (Wildman–Crippen LogP) is 0.521. The van der Waals surface area contributed by atoms with E-state index in [1.54, 1.807) is 0 Å². The van der Waals surface area contributed by atoms with Crippen LogP contribution < -0.4 is 5.32 Å². The van der Waals surface area contributed by atoms with Gasteiger partial charge in [-0.1, -0.05) is 6.07 Å². The fourth-order valence-corrected chi connectivity index (χ4v) is 1.67. The molecule has 0 aliphatic heterocycles. The van der Waals surface area contributed by atoms with Crippen LogP contribution in [0.2, 0.25) is 0 Å². The van der Waals surface area contributed by atoms with E-state index in [2.05, 4.69) is 10.1 Å². The molecule has 0 spiro atoms. The molecule has 0 aliphatic rings. The topological polar surface area (TPSA) is 130 Å². The highest BCUT2D eigenvalue weighted by Crippen LogP contribution is 2.08. The molecule has 1 amide bonds. The van der Waals surface area contributed by atoms with Crippen LogP contribution in [0.4, 0.5) is 0 Å². The summed E-state index contributed by atoms with van der Waals surface area (Å²) in [6.07, 6.45) is -0.632. The summed E-state index contributed by atoms with van der Waals surface area (Å²) in [5, 5.41) is 19.8. The van der Waals surface area contributed by atoms with Crippen molar-refractivity contribution >= 4 is 23.8 Å². The van der Waals surface area contributed by atoms with Crippen LogP contribution in [0, 0.1) is 0 Å². The molecule has 0 saturated carbocycles. The van der Waals surface area contributed by atoms with Gasteiger partial charge in [-0.25, -0.2) is 9.59 Å². The minimum atomic E-state index is -1.33. The lowest BCUT2D eigenvalue weighted by Crippen LogP contribution is -2.41. The van der Waals surface area contributed by atoms with E-state index in [1.165, 1.54) is 31.4 Å². The average Bonchev–Trinajstić information content (AvgIpc) is 2.49. The molecule has 0 unspecified atom stereocenters. The van der Waals surface area contributed by atoms with Crippen LogP contribution in [0.1, 0.15) is 33.6 Å². The van der Waals surface area contributed by atoms with Crippen LogP contribution in [0.5, 0.6) is 0 Å². The fraction of sp³-hybridized carbons (Fsp3) is 0.286. The Morgan fingerprint density at radius 2 is 1.82 bits per heavy atom. The summed E-state index contributed by atoms with van der Waals surface area (Å²) in [5.74, 6) is -3.84. The highest BCUT2D eigenvalue weighted by atomic mass is 16.5. The van der Waals surface area contributed by atoms with Gasteiger partial charge >= 0.3 is 17.9 Å². The molecule has 0 radical (unpaired) electrons. The van der Waals surface area contributed by atoms with E-state index in [1.807, 2.05) is 0 Å². The first kappa shape index (κ1) is 17.2. The van der Waals surface area contributed by atoms with Crippen molar-refractivity contribution in [1.29, 1.82) is 0 Å². The van der Waals surface area contributed by atoms with Crippen LogP contribution in [-0.2, 0) is 14.3 Å². The Bertz CT molecular complexity index is 597. The minimum absolute atomic E-state index is 0.0736. The summed E-state index contributed by atoms with van der Waals surface area (Å²) in [6.45, 7) is 0. The number of rotatable bonds is 7. The van der Waals surface area contributed by atoms with Gasteiger partial charge in [-0.3, -0.25) is 9.59 Å². The third-order valence-corrected chi connectivity index (χ3v) is 2.80. The van der Waals surface area contributed by atoms with E-state index < -0.39 is 29.9 Å². The van der Waals surface area contributed by atoms with Crippen LogP contribution >= 0.6 is 0 Å². The van der Waals surface area contributed by atoms with Crippen molar-refractivity contribution in [2.24, 2.45) is 0 Å². The van der Waals surface area contributed by atoms with Gasteiger partial charge in [-0.2, -0.15) is 0 Å². The molecule has 8 nitrogen and oxygen atoms in total. The smallest absolute Gasteiger partial charge is 0.337 e. The van der Waals surface area contributed by atoms with Gasteiger partial charge in [0.15, 0.2) is 0 Å². The van der Waals surface area contributed by atoms with Gasteiger partial charge in [0, 0.05) is 12.0 Å². The van der Waals surface area contributed by atoms with E-state index >= 15 is 0 Å². The molecule has 0 heterocycles. The first-order valence-corrected chi connectivity index (χ1v) is 6.29. The van der Waals surface area contributed by atoms with Crippen LogP contribution in [0.25, 0.3) is 0 Å². The number of carboxylic acid groups (broad SMARTS) is 2. The molecule has 0 fully saturated rings. The summed E-state index contributed by atoms with van der Waals surface area (Å²) < 4.78 is 4.53. The molecule has 1 rings (SSSR count). The lowest BCUT2D eigenvalue weighted by atomic mass is 10.1. The fourth-order valence-electron chi connectivity index (χ4n) is 1.67. The second kappa shape index (κ2) is 7.77. The molecule has 0 bridgehead atoms. The molecule has 1 aromatic rings. The number of carbonyl (C=O) groups is 4. The lowest BCUT2D eigenvalue weighted by Gasteiger charge is -2.13. The zero-order chi connectivity index (χ0) is 16.7. The van der Waals surface area contributed by atoms with Gasteiger partial charge in [-0.05, 0) is 24.6 Å². The Balaban J connectivity index is 2.83. The lowest BCUT2D eigenvalue weighted by molar-refractivity contribution is -0.140. The Kier molecular flexibility index (Phi) is 6.06. The summed E-state index contributed by atoms with van der Waals surface area (Å²) in [4.78, 5) is 44.9. The third kappa shape index (κ3) is 4.89. The number of esters is 1. The maximum absolute atomic E-state index is 12.0. The van der Waals surface area contributed by atoms with E-state index in [0.717, 1.165) is 0 Å². The Morgan fingerprint density at radius 1 is 1.18 bits per heavy atom. The molecule has 118 valence electrons. The van der Waals surface area contributed by atoms with Gasteiger partial charge in [0.2, 0.25) is 0 Å². The van der Waals surface area contributed by atoms with Crippen LogP contribution in [-0.4, -0.2) is 47.2 Å². The zero-order valence-corrected chi connectivity index (χ0v) is 11.7. The van der Waals surface area contributed by atoms with Crippen molar-refractivity contribution in [1.82, 2.24) is 5.32 Å². The molecule has 1 atom stereocenters. The quantitative estimate of drug-likeness (QED) is 0.626. The average molecular weight is 309 g/mol. The molecule has 0 saturated heterocycles. The van der Waals surface area contributed by atoms with E-state index in [0.29, 0.717) is 0 Å². The van der Waals surface area contributed by atoms with Crippen molar-refractivity contribution in [2.75, 3.05) is 7.11 Å². The Morgan fingerprint density at radius 3 is 2.36 bits per heavy atom. The second-order valence-electron chi connectivity index (χ2n) is 4.37. The number of benzene rings is 1. The number of nitrogens with one attached hydrogen (secondary N) is 1. The van der Waals surface area contributed by atoms with E-state index in [9.17, 15) is 19.2 Å². The summed E-state index contributed by atoms with van der Waals surface area (Å²) >= 11 is 0. The molecular weight excluding hydrogens is 294 g/mol. The number of hydrogen-bond acceptors (Lipinski definition) is 5. The molecular formula is C14H15NO7. The van der Waals surface area contributed by atoms with Crippen LogP contribution in [0.3, 0.4) is 0 Å². The first-order chi connectivity index (χ1) is 10.3. The number of amides is 1. The van der Waals surface area contributed by atoms with Crippen molar-refractivity contribution in [3.8, 4) is 0 Å². The molecule has 0 aromatic heterocycles. The maximum atomic E-state index is 12.0.